The molecule has 2 rings (SSSR count). The van der Waals surface area contributed by atoms with Crippen LogP contribution in [-0.2, 0) is 0 Å². The molecule has 3 amide bonds. The largest absolute Gasteiger partial charge is 0.366 e. The predicted octanol–water partition coefficient (Wildman–Crippen LogP) is 1.91. The van der Waals surface area contributed by atoms with E-state index in [0.717, 1.165) is 25.7 Å². The Hall–Kier alpha value is -2.37. The molecule has 6 nitrogen and oxygen atoms in total. The maximum Gasteiger partial charge on any atom is 0.249 e. The van der Waals surface area contributed by atoms with Crippen LogP contribution >= 0.6 is 0 Å². The Morgan fingerprint density at radius 2 is 1.33 bits per heavy atom. The third-order valence-corrected chi connectivity index (χ3v) is 5.12. The fourth-order valence-electron chi connectivity index (χ4n) is 3.72. The lowest BCUT2D eigenvalue weighted by molar-refractivity contribution is 0.0997. The standard InChI is InChI=1S/C18H25N3O3/c1-9(2)10-3-5-11(6-4-10)15-13(17(20)23)7-12(16(19)22)8-14(15)18(21)24/h7-11H,3-6H2,1-2H3,(H2,19,22)(H2,20,23)(H2,21,24). The number of rotatable bonds is 5. The van der Waals surface area contributed by atoms with Crippen LogP contribution in [0.5, 0.6) is 0 Å². The Balaban J connectivity index is 2.50. The molecule has 24 heavy (non-hydrogen) atoms. The van der Waals surface area contributed by atoms with Crippen molar-refractivity contribution in [3.8, 4) is 0 Å². The van der Waals surface area contributed by atoms with Gasteiger partial charge in [0.1, 0.15) is 0 Å². The molecule has 0 spiro atoms. The molecule has 1 aromatic carbocycles. The molecule has 130 valence electrons. The third kappa shape index (κ3) is 3.58. The Morgan fingerprint density at radius 1 is 0.875 bits per heavy atom. The minimum absolute atomic E-state index is 0.0342. The summed E-state index contributed by atoms with van der Waals surface area (Å²) in [5.41, 5.74) is 17.3. The van der Waals surface area contributed by atoms with Crippen molar-refractivity contribution in [1.29, 1.82) is 0 Å². The molecule has 0 heterocycles. The van der Waals surface area contributed by atoms with Crippen molar-refractivity contribution in [2.45, 2.75) is 45.4 Å². The summed E-state index contributed by atoms with van der Waals surface area (Å²) in [7, 11) is 0. The molecule has 0 aliphatic heterocycles. The van der Waals surface area contributed by atoms with Gasteiger partial charge in [-0.25, -0.2) is 0 Å². The fourth-order valence-corrected chi connectivity index (χ4v) is 3.72. The number of carbonyl (C=O) groups excluding carboxylic acids is 3. The topological polar surface area (TPSA) is 129 Å². The Labute approximate surface area is 141 Å². The van der Waals surface area contributed by atoms with Crippen LogP contribution in [0.1, 0.15) is 82.1 Å². The number of hydrogen-bond donors (Lipinski definition) is 3. The highest BCUT2D eigenvalue weighted by Gasteiger charge is 2.30. The summed E-state index contributed by atoms with van der Waals surface area (Å²) >= 11 is 0. The van der Waals surface area contributed by atoms with E-state index in [1.807, 2.05) is 0 Å². The molecule has 1 aliphatic carbocycles. The normalized spacial score (nSPS) is 20.8. The molecule has 1 saturated carbocycles. The summed E-state index contributed by atoms with van der Waals surface area (Å²) in [5.74, 6) is -0.806. The molecule has 0 radical (unpaired) electrons. The van der Waals surface area contributed by atoms with E-state index >= 15 is 0 Å². The van der Waals surface area contributed by atoms with E-state index in [1.54, 1.807) is 0 Å². The van der Waals surface area contributed by atoms with E-state index in [2.05, 4.69) is 13.8 Å². The number of benzene rings is 1. The van der Waals surface area contributed by atoms with Crippen molar-refractivity contribution in [3.63, 3.8) is 0 Å². The van der Waals surface area contributed by atoms with E-state index in [0.29, 0.717) is 17.4 Å². The van der Waals surface area contributed by atoms with Crippen molar-refractivity contribution in [2.24, 2.45) is 29.0 Å². The zero-order valence-corrected chi connectivity index (χ0v) is 14.2. The average Bonchev–Trinajstić information content (AvgIpc) is 2.53. The monoisotopic (exact) mass is 331 g/mol. The Morgan fingerprint density at radius 3 is 1.67 bits per heavy atom. The van der Waals surface area contributed by atoms with Gasteiger partial charge in [-0.05, 0) is 61.1 Å². The second-order valence-corrected chi connectivity index (χ2v) is 6.93. The zero-order chi connectivity index (χ0) is 18.0. The minimum Gasteiger partial charge on any atom is -0.366 e. The summed E-state index contributed by atoms with van der Waals surface area (Å²) in [6, 6.07) is 2.75. The van der Waals surface area contributed by atoms with E-state index < -0.39 is 17.7 Å². The molecule has 0 aromatic heterocycles. The quantitative estimate of drug-likeness (QED) is 0.762. The lowest BCUT2D eigenvalue weighted by atomic mass is 9.72. The highest BCUT2D eigenvalue weighted by molar-refractivity contribution is 6.05. The van der Waals surface area contributed by atoms with Gasteiger partial charge in [0.15, 0.2) is 0 Å². The van der Waals surface area contributed by atoms with Gasteiger partial charge in [-0.2, -0.15) is 0 Å². The molecule has 0 atom stereocenters. The van der Waals surface area contributed by atoms with Crippen molar-refractivity contribution in [1.82, 2.24) is 0 Å². The van der Waals surface area contributed by atoms with Gasteiger partial charge in [-0.15, -0.1) is 0 Å². The molecule has 1 aliphatic rings. The molecule has 0 unspecified atom stereocenters. The minimum atomic E-state index is -0.727. The van der Waals surface area contributed by atoms with Gasteiger partial charge in [-0.1, -0.05) is 13.8 Å². The summed E-state index contributed by atoms with van der Waals surface area (Å²) in [6.07, 6.45) is 3.77. The van der Waals surface area contributed by atoms with Gasteiger partial charge in [0, 0.05) is 16.7 Å². The number of nitrogens with two attached hydrogens (primary N) is 3. The molecule has 6 heteroatoms. The van der Waals surface area contributed by atoms with Gasteiger partial charge in [0.2, 0.25) is 17.7 Å². The summed E-state index contributed by atoms with van der Waals surface area (Å²) < 4.78 is 0. The average molecular weight is 331 g/mol. The first-order valence-corrected chi connectivity index (χ1v) is 8.29. The van der Waals surface area contributed by atoms with Crippen LogP contribution in [0, 0.1) is 11.8 Å². The van der Waals surface area contributed by atoms with Gasteiger partial charge in [-0.3, -0.25) is 14.4 Å². The molecular weight excluding hydrogens is 306 g/mol. The van der Waals surface area contributed by atoms with Crippen LogP contribution in [0.25, 0.3) is 0 Å². The van der Waals surface area contributed by atoms with Crippen LogP contribution in [0.3, 0.4) is 0 Å². The maximum absolute atomic E-state index is 11.9. The van der Waals surface area contributed by atoms with E-state index in [4.69, 9.17) is 17.2 Å². The van der Waals surface area contributed by atoms with Crippen LogP contribution in [0.15, 0.2) is 12.1 Å². The van der Waals surface area contributed by atoms with E-state index in [1.165, 1.54) is 12.1 Å². The summed E-state index contributed by atoms with van der Waals surface area (Å²) in [5, 5.41) is 0. The molecule has 6 N–H and O–H groups in total. The van der Waals surface area contributed by atoms with Crippen molar-refractivity contribution < 1.29 is 14.4 Å². The highest BCUT2D eigenvalue weighted by Crippen LogP contribution is 2.41. The van der Waals surface area contributed by atoms with Crippen molar-refractivity contribution in [2.75, 3.05) is 0 Å². The number of carbonyl (C=O) groups is 3. The maximum atomic E-state index is 11.9. The SMILES string of the molecule is CC(C)C1CCC(c2c(C(N)=O)cc(C(N)=O)cc2C(N)=O)CC1. The lowest BCUT2D eigenvalue weighted by Gasteiger charge is -2.32. The van der Waals surface area contributed by atoms with Crippen LogP contribution in [0.2, 0.25) is 0 Å². The van der Waals surface area contributed by atoms with Gasteiger partial charge < -0.3 is 17.2 Å². The summed E-state index contributed by atoms with van der Waals surface area (Å²) in [4.78, 5) is 35.3. The van der Waals surface area contributed by atoms with Gasteiger partial charge in [0.25, 0.3) is 0 Å². The lowest BCUT2D eigenvalue weighted by Crippen LogP contribution is -2.26. The van der Waals surface area contributed by atoms with Gasteiger partial charge >= 0.3 is 0 Å². The van der Waals surface area contributed by atoms with Gasteiger partial charge in [0.05, 0.1) is 0 Å². The highest BCUT2D eigenvalue weighted by atomic mass is 16.2. The fraction of sp³-hybridized carbons (Fsp3) is 0.500. The molecular formula is C18H25N3O3. The molecule has 0 bridgehead atoms. The Kier molecular flexibility index (Phi) is 5.26. The smallest absolute Gasteiger partial charge is 0.249 e. The first kappa shape index (κ1) is 18.0. The van der Waals surface area contributed by atoms with Crippen LogP contribution < -0.4 is 17.2 Å². The van der Waals surface area contributed by atoms with Crippen molar-refractivity contribution in [3.05, 3.63) is 34.4 Å². The Bertz CT molecular complexity index is 639. The first-order chi connectivity index (χ1) is 11.2. The summed E-state index contributed by atoms with van der Waals surface area (Å²) in [6.45, 7) is 4.41. The first-order valence-electron chi connectivity index (χ1n) is 8.29. The number of primary amides is 3. The van der Waals surface area contributed by atoms with E-state index in [9.17, 15) is 14.4 Å². The molecule has 1 aromatic rings. The zero-order valence-electron chi connectivity index (χ0n) is 14.2. The molecule has 0 saturated heterocycles. The second-order valence-electron chi connectivity index (χ2n) is 6.93. The van der Waals surface area contributed by atoms with Crippen LogP contribution in [-0.4, -0.2) is 17.7 Å². The third-order valence-electron chi connectivity index (χ3n) is 5.12. The number of amides is 3. The number of hydrogen-bond acceptors (Lipinski definition) is 3. The second kappa shape index (κ2) is 7.03. The van der Waals surface area contributed by atoms with Crippen LogP contribution in [0.4, 0.5) is 0 Å². The predicted molar refractivity (Wildman–Crippen MR) is 91.5 cm³/mol. The van der Waals surface area contributed by atoms with E-state index in [-0.39, 0.29) is 22.6 Å². The van der Waals surface area contributed by atoms with Crippen molar-refractivity contribution >= 4 is 17.7 Å². The molecule has 1 fully saturated rings.